The zero-order chi connectivity index (χ0) is 16.7. The van der Waals surface area contributed by atoms with Gasteiger partial charge < -0.3 is 15.4 Å². The zero-order valence-corrected chi connectivity index (χ0v) is 12.8. The number of hydrazone groups is 1. The van der Waals surface area contributed by atoms with Crippen molar-refractivity contribution in [1.29, 1.82) is 0 Å². The molecule has 1 aromatic carbocycles. The van der Waals surface area contributed by atoms with Crippen molar-refractivity contribution in [3.63, 3.8) is 0 Å². The smallest absolute Gasteiger partial charge is 0.411 e. The molecule has 11 heteroatoms. The Hall–Kier alpha value is -2.59. The number of carbonyl (C=O) groups is 1. The Morgan fingerprint density at radius 1 is 1.39 bits per heavy atom. The fourth-order valence-corrected chi connectivity index (χ4v) is 1.97. The van der Waals surface area contributed by atoms with E-state index < -0.39 is 11.1 Å². The summed E-state index contributed by atoms with van der Waals surface area (Å²) in [5.41, 5.74) is 0.591. The van der Waals surface area contributed by atoms with E-state index in [4.69, 9.17) is 16.3 Å². The molecule has 0 spiro atoms. The highest BCUT2D eigenvalue weighted by molar-refractivity contribution is 6.30. The van der Waals surface area contributed by atoms with Crippen molar-refractivity contribution in [2.75, 3.05) is 31.8 Å². The van der Waals surface area contributed by atoms with Crippen LogP contribution in [0.4, 0.5) is 10.5 Å². The number of hydrogen-bond donors (Lipinski definition) is 4. The molecule has 124 valence electrons. The number of halogens is 1. The van der Waals surface area contributed by atoms with Crippen molar-refractivity contribution >= 4 is 29.3 Å². The molecule has 23 heavy (non-hydrogen) atoms. The fourth-order valence-electron chi connectivity index (χ4n) is 1.85. The van der Waals surface area contributed by atoms with Crippen LogP contribution in [0, 0.1) is 10.1 Å². The summed E-state index contributed by atoms with van der Waals surface area (Å²) in [7, 11) is 0. The topological polar surface area (TPSA) is 122 Å². The molecule has 1 saturated heterocycles. The molecule has 0 aliphatic carbocycles. The van der Waals surface area contributed by atoms with Crippen LogP contribution in [-0.2, 0) is 4.74 Å². The lowest BCUT2D eigenvalue weighted by atomic mass is 10.3. The van der Waals surface area contributed by atoms with Gasteiger partial charge in [0.1, 0.15) is 18.3 Å². The summed E-state index contributed by atoms with van der Waals surface area (Å²) in [6.45, 7) is 1.64. The zero-order valence-electron chi connectivity index (χ0n) is 12.0. The SMILES string of the molecule is O=C(Nc1ccc(Cl)cc1)OCC[NH+]1CNC(=N[N+](=O)[O-])NC1. The number of amides is 1. The van der Waals surface area contributed by atoms with E-state index in [9.17, 15) is 14.9 Å². The van der Waals surface area contributed by atoms with Gasteiger partial charge in [0.2, 0.25) is 0 Å². The van der Waals surface area contributed by atoms with Gasteiger partial charge in [-0.2, -0.15) is 0 Å². The Morgan fingerprint density at radius 3 is 2.65 bits per heavy atom. The van der Waals surface area contributed by atoms with Crippen molar-refractivity contribution < 1.29 is 19.5 Å². The molecule has 0 bridgehead atoms. The highest BCUT2D eigenvalue weighted by Gasteiger charge is 2.18. The van der Waals surface area contributed by atoms with Crippen molar-refractivity contribution in [1.82, 2.24) is 10.6 Å². The summed E-state index contributed by atoms with van der Waals surface area (Å²) >= 11 is 5.75. The molecular weight excluding hydrogens is 328 g/mol. The van der Waals surface area contributed by atoms with E-state index in [-0.39, 0.29) is 12.6 Å². The number of guanidine groups is 1. The summed E-state index contributed by atoms with van der Waals surface area (Å²) in [6.07, 6.45) is -0.555. The number of nitro groups is 1. The summed E-state index contributed by atoms with van der Waals surface area (Å²) < 4.78 is 5.07. The van der Waals surface area contributed by atoms with Crippen LogP contribution in [0.2, 0.25) is 5.02 Å². The summed E-state index contributed by atoms with van der Waals surface area (Å²) in [4.78, 5) is 22.9. The Kier molecular flexibility index (Phi) is 5.94. The van der Waals surface area contributed by atoms with Crippen molar-refractivity contribution in [3.05, 3.63) is 39.4 Å². The number of anilines is 1. The van der Waals surface area contributed by atoms with E-state index in [0.29, 0.717) is 30.6 Å². The summed E-state index contributed by atoms with van der Waals surface area (Å²) in [5.74, 6) is 0.125. The van der Waals surface area contributed by atoms with Crippen LogP contribution in [-0.4, -0.2) is 43.6 Å². The predicted octanol–water partition coefficient (Wildman–Crippen LogP) is -0.571. The second-order valence-corrected chi connectivity index (χ2v) is 5.10. The molecule has 0 radical (unpaired) electrons. The Bertz CT molecular complexity index is 584. The molecule has 2 rings (SSSR count). The van der Waals surface area contributed by atoms with Gasteiger partial charge in [0.15, 0.2) is 18.4 Å². The molecule has 1 aliphatic rings. The number of rotatable bonds is 5. The average Bonchev–Trinajstić information content (AvgIpc) is 2.51. The molecule has 0 aromatic heterocycles. The first kappa shape index (κ1) is 16.8. The lowest BCUT2D eigenvalue weighted by Gasteiger charge is -2.25. The minimum absolute atomic E-state index is 0.125. The minimum atomic E-state index is -0.773. The van der Waals surface area contributed by atoms with E-state index >= 15 is 0 Å². The number of nitrogens with one attached hydrogen (secondary N) is 4. The minimum Gasteiger partial charge on any atom is -0.443 e. The third kappa shape index (κ3) is 5.96. The van der Waals surface area contributed by atoms with Crippen LogP contribution in [0.5, 0.6) is 0 Å². The Morgan fingerprint density at radius 2 is 2.04 bits per heavy atom. The van der Waals surface area contributed by atoms with Crippen LogP contribution >= 0.6 is 11.6 Å². The third-order valence-corrected chi connectivity index (χ3v) is 3.22. The van der Waals surface area contributed by atoms with Gasteiger partial charge in [-0.05, 0) is 24.3 Å². The van der Waals surface area contributed by atoms with Crippen molar-refractivity contribution in [3.8, 4) is 0 Å². The Balaban J connectivity index is 1.64. The molecule has 1 aromatic rings. The first-order valence-electron chi connectivity index (χ1n) is 6.76. The standard InChI is InChI=1S/C12H15ClN6O4/c13-9-1-3-10(4-2-9)16-12(20)23-6-5-18-7-14-11(15-8-18)17-19(21)22/h1-4H,5-8H2,(H,16,20)(H2,14,15,17)/p+1. The van der Waals surface area contributed by atoms with E-state index in [1.807, 2.05) is 0 Å². The maximum absolute atomic E-state index is 11.6. The predicted molar refractivity (Wildman–Crippen MR) is 82.7 cm³/mol. The van der Waals surface area contributed by atoms with Gasteiger partial charge in [0.05, 0.1) is 0 Å². The van der Waals surface area contributed by atoms with Crippen LogP contribution < -0.4 is 20.9 Å². The van der Waals surface area contributed by atoms with Gasteiger partial charge in [-0.25, -0.2) is 14.9 Å². The molecule has 4 N–H and O–H groups in total. The van der Waals surface area contributed by atoms with Gasteiger partial charge in [-0.1, -0.05) is 11.6 Å². The van der Waals surface area contributed by atoms with E-state index in [0.717, 1.165) is 4.90 Å². The van der Waals surface area contributed by atoms with E-state index in [1.165, 1.54) is 0 Å². The normalized spacial score (nSPS) is 16.7. The molecule has 0 saturated carbocycles. The van der Waals surface area contributed by atoms with E-state index in [1.54, 1.807) is 24.3 Å². The van der Waals surface area contributed by atoms with Gasteiger partial charge in [0, 0.05) is 10.7 Å². The fraction of sp³-hybridized carbons (Fsp3) is 0.333. The quantitative estimate of drug-likeness (QED) is 0.419. The van der Waals surface area contributed by atoms with Crippen LogP contribution in [0.25, 0.3) is 0 Å². The van der Waals surface area contributed by atoms with E-state index in [2.05, 4.69) is 21.1 Å². The van der Waals surface area contributed by atoms with Crippen LogP contribution in [0.3, 0.4) is 0 Å². The van der Waals surface area contributed by atoms with Crippen molar-refractivity contribution in [2.24, 2.45) is 5.10 Å². The van der Waals surface area contributed by atoms with Crippen LogP contribution in [0.1, 0.15) is 0 Å². The monoisotopic (exact) mass is 343 g/mol. The highest BCUT2D eigenvalue weighted by atomic mass is 35.5. The lowest BCUT2D eigenvalue weighted by molar-refractivity contribution is -0.906. The second-order valence-electron chi connectivity index (χ2n) is 4.66. The average molecular weight is 344 g/mol. The third-order valence-electron chi connectivity index (χ3n) is 2.97. The molecular formula is C12H16ClN6O4+. The van der Waals surface area contributed by atoms with Gasteiger partial charge >= 0.3 is 6.09 Å². The highest BCUT2D eigenvalue weighted by Crippen LogP contribution is 2.13. The first-order valence-corrected chi connectivity index (χ1v) is 7.14. The number of benzene rings is 1. The van der Waals surface area contributed by atoms with Gasteiger partial charge in [-0.15, -0.1) is 0 Å². The molecule has 0 atom stereocenters. The Labute approximate surface area is 136 Å². The summed E-state index contributed by atoms with van der Waals surface area (Å²) in [5, 5.41) is 21.3. The van der Waals surface area contributed by atoms with Crippen LogP contribution in [0.15, 0.2) is 29.4 Å². The first-order chi connectivity index (χ1) is 11.0. The number of quaternary nitrogens is 1. The van der Waals surface area contributed by atoms with Gasteiger partial charge in [0.25, 0.3) is 5.96 Å². The maximum Gasteiger partial charge on any atom is 0.411 e. The maximum atomic E-state index is 11.6. The molecule has 1 amide bonds. The molecule has 1 aliphatic heterocycles. The van der Waals surface area contributed by atoms with Crippen molar-refractivity contribution in [2.45, 2.75) is 0 Å². The molecule has 1 fully saturated rings. The summed E-state index contributed by atoms with van der Waals surface area (Å²) in [6, 6.07) is 6.67. The van der Waals surface area contributed by atoms with Gasteiger partial charge in [-0.3, -0.25) is 10.2 Å². The second kappa shape index (κ2) is 8.15. The largest absolute Gasteiger partial charge is 0.443 e. The number of ether oxygens (including phenoxy) is 1. The lowest BCUT2D eigenvalue weighted by Crippen LogP contribution is -3.17. The molecule has 1 heterocycles. The molecule has 10 nitrogen and oxygen atoms in total. The molecule has 0 unspecified atom stereocenters. The number of hydrogen-bond acceptors (Lipinski definition) is 4. The number of nitrogens with zero attached hydrogens (tertiary/aromatic N) is 2. The number of carbonyl (C=O) groups excluding carboxylic acids is 1.